The lowest BCUT2D eigenvalue weighted by Gasteiger charge is -2.26. The van der Waals surface area contributed by atoms with Gasteiger partial charge in [-0.1, -0.05) is 48.9 Å². The number of nitrogens with one attached hydrogen (secondary N) is 1. The Hall–Kier alpha value is -4.03. The summed E-state index contributed by atoms with van der Waals surface area (Å²) in [5.41, 5.74) is 8.32. The lowest BCUT2D eigenvalue weighted by Crippen LogP contribution is -2.29. The second kappa shape index (κ2) is 9.91. The first kappa shape index (κ1) is 22.4. The zero-order valence-corrected chi connectivity index (χ0v) is 20.4. The molecule has 0 aliphatic carbocycles. The van der Waals surface area contributed by atoms with Crippen molar-refractivity contribution in [3.8, 4) is 39.5 Å². The minimum atomic E-state index is 0.491. The molecule has 0 amide bonds. The normalized spacial score (nSPS) is 14.2. The van der Waals surface area contributed by atoms with Crippen LogP contribution in [-0.4, -0.2) is 45.3 Å². The van der Waals surface area contributed by atoms with Crippen LogP contribution in [0.4, 0.5) is 0 Å². The molecular formula is C30H29N5O. The van der Waals surface area contributed by atoms with Crippen LogP contribution in [0.3, 0.4) is 0 Å². The van der Waals surface area contributed by atoms with Crippen molar-refractivity contribution in [2.45, 2.75) is 25.8 Å². The van der Waals surface area contributed by atoms with E-state index in [0.717, 1.165) is 45.7 Å². The van der Waals surface area contributed by atoms with Gasteiger partial charge in [-0.15, -0.1) is 10.2 Å². The Balaban J connectivity index is 1.51. The van der Waals surface area contributed by atoms with Gasteiger partial charge in [-0.25, -0.2) is 0 Å². The number of hydrogen-bond acceptors (Lipinski definition) is 5. The van der Waals surface area contributed by atoms with Crippen LogP contribution in [0, 0.1) is 0 Å². The number of methoxy groups -OCH3 is 1. The summed E-state index contributed by atoms with van der Waals surface area (Å²) in [6.45, 7) is 3.35. The number of rotatable bonds is 6. The highest BCUT2D eigenvalue weighted by Gasteiger charge is 2.21. The van der Waals surface area contributed by atoms with Gasteiger partial charge in [0.15, 0.2) is 0 Å². The molecule has 1 aliphatic rings. The van der Waals surface area contributed by atoms with Gasteiger partial charge in [0.05, 0.1) is 24.1 Å². The van der Waals surface area contributed by atoms with Crippen molar-refractivity contribution in [1.82, 2.24) is 25.1 Å². The minimum Gasteiger partial charge on any atom is -0.479 e. The van der Waals surface area contributed by atoms with E-state index in [4.69, 9.17) is 4.74 Å². The average Bonchev–Trinajstić information content (AvgIpc) is 3.33. The number of nitrogens with zero attached hydrogens (tertiary/aromatic N) is 4. The molecule has 0 radical (unpaired) electrons. The van der Waals surface area contributed by atoms with Gasteiger partial charge in [0, 0.05) is 41.0 Å². The van der Waals surface area contributed by atoms with Crippen molar-refractivity contribution in [1.29, 1.82) is 0 Å². The van der Waals surface area contributed by atoms with Crippen molar-refractivity contribution in [2.24, 2.45) is 0 Å². The summed E-state index contributed by atoms with van der Waals surface area (Å²) in [5, 5.41) is 10.0. The maximum Gasteiger partial charge on any atom is 0.242 e. The number of ether oxygens (including phenoxy) is 1. The molecule has 0 atom stereocenters. The Morgan fingerprint density at radius 2 is 1.67 bits per heavy atom. The summed E-state index contributed by atoms with van der Waals surface area (Å²) in [6.07, 6.45) is 7.47. The van der Waals surface area contributed by atoms with Crippen molar-refractivity contribution in [2.75, 3.05) is 20.2 Å². The number of likely N-dealkylation sites (tertiary alicyclic amines) is 1. The van der Waals surface area contributed by atoms with E-state index in [1.807, 2.05) is 24.3 Å². The summed E-state index contributed by atoms with van der Waals surface area (Å²) >= 11 is 0. The average molecular weight is 476 g/mol. The summed E-state index contributed by atoms with van der Waals surface area (Å²) in [4.78, 5) is 10.4. The maximum atomic E-state index is 5.69. The Bertz CT molecular complexity index is 1470. The minimum absolute atomic E-state index is 0.491. The van der Waals surface area contributed by atoms with Crippen molar-refractivity contribution >= 4 is 10.9 Å². The largest absolute Gasteiger partial charge is 0.479 e. The second-order valence-corrected chi connectivity index (χ2v) is 9.35. The van der Waals surface area contributed by atoms with E-state index >= 15 is 0 Å². The van der Waals surface area contributed by atoms with E-state index in [0.29, 0.717) is 5.88 Å². The lowest BCUT2D eigenvalue weighted by atomic mass is 9.97. The Morgan fingerprint density at radius 3 is 2.44 bits per heavy atom. The molecule has 6 heteroatoms. The predicted octanol–water partition coefficient (Wildman–Crippen LogP) is 6.35. The molecule has 1 N–H and O–H groups in total. The second-order valence-electron chi connectivity index (χ2n) is 9.35. The van der Waals surface area contributed by atoms with Crippen LogP contribution in [0.25, 0.3) is 44.5 Å². The quantitative estimate of drug-likeness (QED) is 0.310. The maximum absolute atomic E-state index is 5.69. The molecule has 0 saturated carbocycles. The highest BCUT2D eigenvalue weighted by atomic mass is 16.5. The van der Waals surface area contributed by atoms with Crippen LogP contribution in [-0.2, 0) is 6.54 Å². The topological polar surface area (TPSA) is 66.9 Å². The first-order valence-electron chi connectivity index (χ1n) is 12.5. The molecule has 4 heterocycles. The fourth-order valence-electron chi connectivity index (χ4n) is 5.20. The van der Waals surface area contributed by atoms with Crippen molar-refractivity contribution in [3.05, 3.63) is 84.7 Å². The van der Waals surface area contributed by atoms with Gasteiger partial charge in [0.1, 0.15) is 0 Å². The van der Waals surface area contributed by atoms with E-state index < -0.39 is 0 Å². The fourth-order valence-corrected chi connectivity index (χ4v) is 5.20. The molecule has 3 aromatic heterocycles. The van der Waals surface area contributed by atoms with E-state index in [1.54, 1.807) is 19.5 Å². The van der Waals surface area contributed by atoms with Crippen molar-refractivity contribution < 1.29 is 4.74 Å². The van der Waals surface area contributed by atoms with Gasteiger partial charge in [-0.3, -0.25) is 9.88 Å². The first-order chi connectivity index (χ1) is 17.8. The number of piperidine rings is 1. The van der Waals surface area contributed by atoms with E-state index in [2.05, 4.69) is 67.5 Å². The number of H-pyrrole nitrogens is 1. The highest BCUT2D eigenvalue weighted by molar-refractivity contribution is 6.04. The van der Waals surface area contributed by atoms with E-state index in [-0.39, 0.29) is 0 Å². The zero-order chi connectivity index (χ0) is 24.3. The van der Waals surface area contributed by atoms with Crippen LogP contribution in [0.1, 0.15) is 24.8 Å². The molecule has 0 bridgehead atoms. The van der Waals surface area contributed by atoms with Crippen LogP contribution in [0.15, 0.2) is 79.1 Å². The molecule has 1 saturated heterocycles. The standard InChI is InChI=1S/C30H29N5O/c1-36-30-25(19-26(33-34-30)22-12-14-31-15-13-22)29-28(23-8-4-2-5-9-23)24-11-10-21(18-27(24)32-29)20-35-16-6-3-7-17-35/h2,4-5,8-15,18-19,32H,3,6-7,16-17,20H2,1H3. The Labute approximate surface area is 211 Å². The fraction of sp³-hybridized carbons (Fsp3) is 0.233. The molecule has 6 rings (SSSR count). The smallest absolute Gasteiger partial charge is 0.242 e. The van der Waals surface area contributed by atoms with Gasteiger partial charge in [0.2, 0.25) is 5.88 Å². The molecule has 6 nitrogen and oxygen atoms in total. The van der Waals surface area contributed by atoms with Gasteiger partial charge >= 0.3 is 0 Å². The third-order valence-corrected chi connectivity index (χ3v) is 6.98. The molecule has 36 heavy (non-hydrogen) atoms. The number of benzene rings is 2. The van der Waals surface area contributed by atoms with Crippen LogP contribution in [0.2, 0.25) is 0 Å². The van der Waals surface area contributed by atoms with Crippen LogP contribution in [0.5, 0.6) is 5.88 Å². The molecule has 1 aliphatic heterocycles. The van der Waals surface area contributed by atoms with Gasteiger partial charge < -0.3 is 9.72 Å². The molecule has 1 fully saturated rings. The number of pyridine rings is 1. The summed E-state index contributed by atoms with van der Waals surface area (Å²) in [5.74, 6) is 0.491. The molecule has 5 aromatic rings. The van der Waals surface area contributed by atoms with Crippen LogP contribution < -0.4 is 4.74 Å². The number of hydrogen-bond donors (Lipinski definition) is 1. The van der Waals surface area contributed by atoms with Gasteiger partial charge in [-0.2, -0.15) is 0 Å². The zero-order valence-electron chi connectivity index (χ0n) is 20.4. The van der Waals surface area contributed by atoms with E-state index in [1.165, 1.54) is 43.3 Å². The first-order valence-corrected chi connectivity index (χ1v) is 12.5. The molecular weight excluding hydrogens is 446 g/mol. The van der Waals surface area contributed by atoms with Crippen molar-refractivity contribution in [3.63, 3.8) is 0 Å². The Morgan fingerprint density at radius 1 is 0.861 bits per heavy atom. The van der Waals surface area contributed by atoms with Gasteiger partial charge in [0.25, 0.3) is 0 Å². The Kier molecular flexibility index (Phi) is 6.18. The monoisotopic (exact) mass is 475 g/mol. The summed E-state index contributed by atoms with van der Waals surface area (Å²) < 4.78 is 5.69. The molecule has 0 spiro atoms. The third-order valence-electron chi connectivity index (χ3n) is 6.98. The predicted molar refractivity (Wildman–Crippen MR) is 144 cm³/mol. The van der Waals surface area contributed by atoms with E-state index in [9.17, 15) is 0 Å². The highest BCUT2D eigenvalue weighted by Crippen LogP contribution is 2.42. The van der Waals surface area contributed by atoms with Crippen LogP contribution >= 0.6 is 0 Å². The third kappa shape index (κ3) is 4.36. The lowest BCUT2D eigenvalue weighted by molar-refractivity contribution is 0.221. The van der Waals surface area contributed by atoms with Gasteiger partial charge in [-0.05, 0) is 61.3 Å². The molecule has 0 unspecified atom stereocenters. The molecule has 180 valence electrons. The summed E-state index contributed by atoms with van der Waals surface area (Å²) in [6, 6.07) is 23.3. The number of aromatic nitrogens is 4. The SMILES string of the molecule is COc1nnc(-c2ccncc2)cc1-c1[nH]c2cc(CN3CCCCC3)ccc2c1-c1ccccc1. The number of aromatic amines is 1. The molecule has 2 aromatic carbocycles. The summed E-state index contributed by atoms with van der Waals surface area (Å²) in [7, 11) is 1.64. The number of fused-ring (bicyclic) bond motifs is 1.